The minimum atomic E-state index is -3.83. The first-order chi connectivity index (χ1) is 13.8. The minimum absolute atomic E-state index is 0.00765. The van der Waals surface area contributed by atoms with Crippen LogP contribution in [0.15, 0.2) is 34.2 Å². The Bertz CT molecular complexity index is 920. The summed E-state index contributed by atoms with van der Waals surface area (Å²) in [5, 5.41) is 5.64. The van der Waals surface area contributed by atoms with E-state index in [0.29, 0.717) is 56.1 Å². The van der Waals surface area contributed by atoms with Crippen LogP contribution in [-0.4, -0.2) is 64.6 Å². The maximum absolute atomic E-state index is 13.2. The van der Waals surface area contributed by atoms with Gasteiger partial charge >= 0.3 is 6.03 Å². The number of ether oxygens (including phenoxy) is 1. The quantitative estimate of drug-likeness (QED) is 0.701. The van der Waals surface area contributed by atoms with Crippen LogP contribution in [0.2, 0.25) is 0 Å². The molecular weight excluding hydrogens is 399 g/mol. The zero-order chi connectivity index (χ0) is 21.0. The Kier molecular flexibility index (Phi) is 6.53. The lowest BCUT2D eigenvalue weighted by molar-refractivity contribution is 0.193. The van der Waals surface area contributed by atoms with Crippen molar-refractivity contribution < 1.29 is 22.3 Å². The van der Waals surface area contributed by atoms with Gasteiger partial charge in [0.2, 0.25) is 0 Å². The van der Waals surface area contributed by atoms with Crippen molar-refractivity contribution in [2.24, 2.45) is 4.40 Å². The average molecular weight is 424 g/mol. The monoisotopic (exact) mass is 424 g/mol. The molecular formula is C19H25FN4O4S. The Hall–Kier alpha value is -2.46. The highest BCUT2D eigenvalue weighted by Gasteiger charge is 2.35. The van der Waals surface area contributed by atoms with Crippen molar-refractivity contribution in [3.05, 3.63) is 41.2 Å². The number of nitrogens with zero attached hydrogens (tertiary/aromatic N) is 2. The third-order valence-corrected chi connectivity index (χ3v) is 6.44. The van der Waals surface area contributed by atoms with Gasteiger partial charge in [-0.05, 0) is 37.5 Å². The third-order valence-electron chi connectivity index (χ3n) is 4.97. The lowest BCUT2D eigenvalue weighted by Crippen LogP contribution is -2.49. The third kappa shape index (κ3) is 4.94. The number of likely N-dealkylation sites (tertiary alicyclic amines) is 1. The summed E-state index contributed by atoms with van der Waals surface area (Å²) < 4.78 is 47.3. The first-order valence-corrected chi connectivity index (χ1v) is 10.9. The Labute approximate surface area is 169 Å². The summed E-state index contributed by atoms with van der Waals surface area (Å²) in [5.74, 6) is -0.00306. The van der Waals surface area contributed by atoms with Crippen molar-refractivity contribution in [2.45, 2.75) is 25.8 Å². The fraction of sp³-hybridized carbons (Fsp3) is 0.474. The molecule has 2 aliphatic heterocycles. The van der Waals surface area contributed by atoms with E-state index in [2.05, 4.69) is 15.0 Å². The van der Waals surface area contributed by atoms with E-state index in [-0.39, 0.29) is 17.0 Å². The topological polar surface area (TPSA) is 100 Å². The number of sulfonamides is 1. The van der Waals surface area contributed by atoms with Crippen LogP contribution in [0.5, 0.6) is 0 Å². The van der Waals surface area contributed by atoms with Crippen molar-refractivity contribution in [3.8, 4) is 0 Å². The van der Waals surface area contributed by atoms with Gasteiger partial charge in [-0.2, -0.15) is 8.42 Å². The van der Waals surface area contributed by atoms with E-state index in [1.807, 2.05) is 4.90 Å². The SMILES string of the molecule is COCCNC(=O)NC1CCN(C2=NS(=O)(=O)C(c3ccc(F)cc3)=C2C)CC1. The van der Waals surface area contributed by atoms with Gasteiger partial charge in [-0.1, -0.05) is 12.1 Å². The molecule has 0 aliphatic carbocycles. The number of nitrogens with one attached hydrogen (secondary N) is 2. The molecule has 2 heterocycles. The normalized spacial score (nSPS) is 19.3. The van der Waals surface area contributed by atoms with Gasteiger partial charge in [0, 0.05) is 38.4 Å². The molecule has 0 radical (unpaired) electrons. The number of methoxy groups -OCH3 is 1. The van der Waals surface area contributed by atoms with Crippen molar-refractivity contribution >= 4 is 26.8 Å². The van der Waals surface area contributed by atoms with E-state index >= 15 is 0 Å². The van der Waals surface area contributed by atoms with Crippen molar-refractivity contribution in [2.75, 3.05) is 33.4 Å². The molecule has 0 saturated carbocycles. The molecule has 1 aromatic carbocycles. The molecule has 2 aliphatic rings. The molecule has 1 aromatic rings. The number of carbonyl (C=O) groups is 1. The molecule has 2 amide bonds. The summed E-state index contributed by atoms with van der Waals surface area (Å²) in [4.78, 5) is 13.9. The van der Waals surface area contributed by atoms with E-state index in [9.17, 15) is 17.6 Å². The summed E-state index contributed by atoms with van der Waals surface area (Å²) in [6.07, 6.45) is 1.35. The maximum atomic E-state index is 13.2. The fourth-order valence-corrected chi connectivity index (χ4v) is 5.01. The summed E-state index contributed by atoms with van der Waals surface area (Å²) in [6.45, 7) is 3.75. The molecule has 0 spiro atoms. The molecule has 1 saturated heterocycles. The highest BCUT2D eigenvalue weighted by molar-refractivity contribution is 8.00. The molecule has 1 fully saturated rings. The Morgan fingerprint density at radius 1 is 1.28 bits per heavy atom. The second-order valence-corrected chi connectivity index (χ2v) is 8.55. The van der Waals surface area contributed by atoms with Crippen LogP contribution in [0.4, 0.5) is 9.18 Å². The molecule has 0 unspecified atom stereocenters. The van der Waals surface area contributed by atoms with Gasteiger partial charge < -0.3 is 20.3 Å². The molecule has 10 heteroatoms. The number of carbonyl (C=O) groups excluding carboxylic acids is 1. The number of benzene rings is 1. The van der Waals surface area contributed by atoms with E-state index in [1.165, 1.54) is 24.3 Å². The predicted molar refractivity (Wildman–Crippen MR) is 108 cm³/mol. The number of halogens is 1. The number of hydrogen-bond acceptors (Lipinski definition) is 5. The average Bonchev–Trinajstić information content (AvgIpc) is 2.92. The number of amidine groups is 1. The first kappa shape index (κ1) is 21.3. The van der Waals surface area contributed by atoms with E-state index in [4.69, 9.17) is 4.74 Å². The zero-order valence-corrected chi connectivity index (χ0v) is 17.3. The summed E-state index contributed by atoms with van der Waals surface area (Å²) in [5.41, 5.74) is 0.979. The number of hydrogen-bond donors (Lipinski definition) is 2. The van der Waals surface area contributed by atoms with Crippen molar-refractivity contribution in [3.63, 3.8) is 0 Å². The van der Waals surface area contributed by atoms with E-state index in [1.54, 1.807) is 14.0 Å². The van der Waals surface area contributed by atoms with Crippen molar-refractivity contribution in [1.82, 2.24) is 15.5 Å². The number of urea groups is 1. The molecule has 8 nitrogen and oxygen atoms in total. The smallest absolute Gasteiger partial charge is 0.315 e. The highest BCUT2D eigenvalue weighted by atomic mass is 32.2. The first-order valence-electron chi connectivity index (χ1n) is 9.42. The van der Waals surface area contributed by atoms with Gasteiger partial charge in [0.05, 0.1) is 6.61 Å². The summed E-state index contributed by atoms with van der Waals surface area (Å²) >= 11 is 0. The molecule has 0 aromatic heterocycles. The van der Waals surface area contributed by atoms with Crippen LogP contribution < -0.4 is 10.6 Å². The van der Waals surface area contributed by atoms with Crippen LogP contribution >= 0.6 is 0 Å². The lowest BCUT2D eigenvalue weighted by Gasteiger charge is -2.33. The molecule has 2 N–H and O–H groups in total. The summed E-state index contributed by atoms with van der Waals surface area (Å²) in [6, 6.07) is 5.13. The Morgan fingerprint density at radius 2 is 1.93 bits per heavy atom. The second-order valence-electron chi connectivity index (χ2n) is 7.01. The molecule has 0 atom stereocenters. The van der Waals surface area contributed by atoms with Crippen LogP contribution in [0.25, 0.3) is 4.91 Å². The van der Waals surface area contributed by atoms with Gasteiger partial charge in [-0.25, -0.2) is 9.18 Å². The van der Waals surface area contributed by atoms with Gasteiger partial charge in [0.15, 0.2) is 0 Å². The largest absolute Gasteiger partial charge is 0.383 e. The van der Waals surface area contributed by atoms with Crippen LogP contribution in [0.1, 0.15) is 25.3 Å². The second kappa shape index (κ2) is 8.91. The van der Waals surface area contributed by atoms with Crippen LogP contribution in [0, 0.1) is 5.82 Å². The van der Waals surface area contributed by atoms with E-state index in [0.717, 1.165) is 0 Å². The van der Waals surface area contributed by atoms with Gasteiger partial charge in [0.1, 0.15) is 16.6 Å². The predicted octanol–water partition coefficient (Wildman–Crippen LogP) is 1.71. The number of rotatable bonds is 5. The van der Waals surface area contributed by atoms with Crippen molar-refractivity contribution in [1.29, 1.82) is 0 Å². The molecule has 0 bridgehead atoms. The Balaban J connectivity index is 1.65. The minimum Gasteiger partial charge on any atom is -0.383 e. The van der Waals surface area contributed by atoms with Gasteiger partial charge in [-0.15, -0.1) is 4.40 Å². The Morgan fingerprint density at radius 3 is 2.55 bits per heavy atom. The number of piperidine rings is 1. The molecule has 3 rings (SSSR count). The van der Waals surface area contributed by atoms with Crippen LogP contribution in [0.3, 0.4) is 0 Å². The number of amides is 2. The van der Waals surface area contributed by atoms with Crippen LogP contribution in [-0.2, 0) is 14.8 Å². The summed E-state index contributed by atoms with van der Waals surface area (Å²) in [7, 11) is -2.27. The fourth-order valence-electron chi connectivity index (χ4n) is 3.52. The van der Waals surface area contributed by atoms with Gasteiger partial charge in [0.25, 0.3) is 10.0 Å². The maximum Gasteiger partial charge on any atom is 0.315 e. The van der Waals surface area contributed by atoms with Gasteiger partial charge in [-0.3, -0.25) is 0 Å². The highest BCUT2D eigenvalue weighted by Crippen LogP contribution is 2.34. The van der Waals surface area contributed by atoms with E-state index < -0.39 is 15.8 Å². The lowest BCUT2D eigenvalue weighted by atomic mass is 10.0. The molecule has 158 valence electrons. The molecule has 29 heavy (non-hydrogen) atoms. The standard InChI is InChI=1S/C19H25FN4O4S/c1-13-17(14-3-5-15(20)6-4-14)29(26,27)23-18(13)24-10-7-16(8-11-24)22-19(25)21-9-12-28-2/h3-6,16H,7-12H2,1-2H3,(H2,21,22,25). The zero-order valence-electron chi connectivity index (χ0n) is 16.4.